The minimum absolute atomic E-state index is 0.00971. The fourth-order valence-corrected chi connectivity index (χ4v) is 2.98. The van der Waals surface area contributed by atoms with Gasteiger partial charge in [-0.1, -0.05) is 12.1 Å². The number of aromatic nitrogens is 2. The van der Waals surface area contributed by atoms with E-state index in [0.717, 1.165) is 23.7 Å². The summed E-state index contributed by atoms with van der Waals surface area (Å²) >= 11 is 0. The number of nitrogens with zero attached hydrogens (tertiary/aromatic N) is 4. The number of rotatable bonds is 5. The fraction of sp³-hybridized carbons (Fsp3) is 0.444. The zero-order valence-electron chi connectivity index (χ0n) is 15.2. The van der Waals surface area contributed by atoms with Crippen molar-refractivity contribution in [2.75, 3.05) is 38.9 Å². The van der Waals surface area contributed by atoms with E-state index in [1.54, 1.807) is 18.8 Å². The Morgan fingerprint density at radius 3 is 2.64 bits per heavy atom. The summed E-state index contributed by atoms with van der Waals surface area (Å²) in [7, 11) is 3.32. The molecule has 1 aromatic carbocycles. The molecule has 0 aliphatic carbocycles. The number of hydrogen-bond donors (Lipinski definition) is 0. The molecule has 0 unspecified atom stereocenters. The molecular formula is C18H24N4O3. The van der Waals surface area contributed by atoms with Crippen molar-refractivity contribution in [1.82, 2.24) is 14.5 Å². The van der Waals surface area contributed by atoms with Gasteiger partial charge in [-0.05, 0) is 26.0 Å². The molecule has 7 nitrogen and oxygen atoms in total. The quantitative estimate of drug-likeness (QED) is 0.825. The average molecular weight is 344 g/mol. The van der Waals surface area contributed by atoms with E-state index >= 15 is 0 Å². The van der Waals surface area contributed by atoms with Gasteiger partial charge in [-0.3, -0.25) is 19.2 Å². The highest BCUT2D eigenvalue weighted by molar-refractivity contribution is 5.66. The zero-order valence-corrected chi connectivity index (χ0v) is 15.2. The van der Waals surface area contributed by atoms with Crippen molar-refractivity contribution in [3.8, 4) is 5.75 Å². The van der Waals surface area contributed by atoms with Gasteiger partial charge in [0.05, 0.1) is 32.7 Å². The van der Waals surface area contributed by atoms with E-state index < -0.39 is 0 Å². The van der Waals surface area contributed by atoms with Crippen LogP contribution in [0.5, 0.6) is 5.75 Å². The molecule has 0 fully saturated rings. The second kappa shape index (κ2) is 7.25. The summed E-state index contributed by atoms with van der Waals surface area (Å²) in [5, 5.41) is 0. The van der Waals surface area contributed by atoms with Crippen LogP contribution in [0.25, 0.3) is 0 Å². The van der Waals surface area contributed by atoms with Crippen LogP contribution in [0, 0.1) is 13.8 Å². The molecule has 3 rings (SSSR count). The van der Waals surface area contributed by atoms with Crippen LogP contribution in [0.2, 0.25) is 0 Å². The SMILES string of the molecule is COCCN1CN(c2ccccc2OC)c2nc(C)c(C)c(=O)n2C1. The second-order valence-corrected chi connectivity index (χ2v) is 6.13. The molecule has 1 aliphatic heterocycles. The lowest BCUT2D eigenvalue weighted by Crippen LogP contribution is -2.48. The van der Waals surface area contributed by atoms with Crippen molar-refractivity contribution in [1.29, 1.82) is 0 Å². The number of methoxy groups -OCH3 is 2. The van der Waals surface area contributed by atoms with Crippen molar-refractivity contribution < 1.29 is 9.47 Å². The molecule has 0 bridgehead atoms. The Balaban J connectivity index is 2.13. The molecule has 0 saturated heterocycles. The van der Waals surface area contributed by atoms with Gasteiger partial charge < -0.3 is 9.47 Å². The van der Waals surface area contributed by atoms with Gasteiger partial charge >= 0.3 is 0 Å². The smallest absolute Gasteiger partial charge is 0.259 e. The summed E-state index contributed by atoms with van der Waals surface area (Å²) in [5.41, 5.74) is 2.30. The van der Waals surface area contributed by atoms with E-state index in [-0.39, 0.29) is 5.56 Å². The molecule has 0 saturated carbocycles. The Labute approximate surface area is 147 Å². The summed E-state index contributed by atoms with van der Waals surface area (Å²) in [6.07, 6.45) is 0. The highest BCUT2D eigenvalue weighted by atomic mass is 16.5. The number of para-hydroxylation sites is 2. The molecule has 0 atom stereocenters. The molecular weight excluding hydrogens is 320 g/mol. The van der Waals surface area contributed by atoms with Crippen molar-refractivity contribution >= 4 is 11.6 Å². The Hall–Kier alpha value is -2.38. The molecule has 0 radical (unpaired) electrons. The first kappa shape index (κ1) is 17.4. The third-order valence-corrected chi connectivity index (χ3v) is 4.53. The lowest BCUT2D eigenvalue weighted by atomic mass is 10.2. The van der Waals surface area contributed by atoms with E-state index in [4.69, 9.17) is 14.5 Å². The van der Waals surface area contributed by atoms with Crippen LogP contribution < -0.4 is 15.2 Å². The van der Waals surface area contributed by atoms with Gasteiger partial charge in [0.2, 0.25) is 5.95 Å². The largest absolute Gasteiger partial charge is 0.495 e. The lowest BCUT2D eigenvalue weighted by molar-refractivity contribution is 0.121. The number of anilines is 2. The van der Waals surface area contributed by atoms with Crippen LogP contribution in [0.15, 0.2) is 29.1 Å². The topological polar surface area (TPSA) is 59.8 Å². The van der Waals surface area contributed by atoms with Gasteiger partial charge in [0.25, 0.3) is 5.56 Å². The first-order valence-corrected chi connectivity index (χ1v) is 8.26. The Morgan fingerprint density at radius 2 is 1.92 bits per heavy atom. The van der Waals surface area contributed by atoms with E-state index in [1.165, 1.54) is 0 Å². The van der Waals surface area contributed by atoms with Crippen LogP contribution >= 0.6 is 0 Å². The van der Waals surface area contributed by atoms with Crippen molar-refractivity contribution in [3.63, 3.8) is 0 Å². The predicted molar refractivity (Wildman–Crippen MR) is 96.6 cm³/mol. The summed E-state index contributed by atoms with van der Waals surface area (Å²) in [4.78, 5) is 21.7. The van der Waals surface area contributed by atoms with Gasteiger partial charge in [0.15, 0.2) is 0 Å². The average Bonchev–Trinajstić information content (AvgIpc) is 2.64. The maximum atomic E-state index is 12.8. The third kappa shape index (κ3) is 3.25. The van der Waals surface area contributed by atoms with Crippen molar-refractivity contribution in [2.24, 2.45) is 0 Å². The number of ether oxygens (including phenoxy) is 2. The molecule has 2 aromatic rings. The van der Waals surface area contributed by atoms with E-state index in [1.807, 2.05) is 43.0 Å². The Bertz CT molecular complexity index is 818. The van der Waals surface area contributed by atoms with Crippen LogP contribution in [0.3, 0.4) is 0 Å². The fourth-order valence-electron chi connectivity index (χ4n) is 2.98. The molecule has 2 heterocycles. The minimum atomic E-state index is -0.00971. The van der Waals surface area contributed by atoms with Gasteiger partial charge in [-0.25, -0.2) is 4.98 Å². The van der Waals surface area contributed by atoms with Crippen molar-refractivity contribution in [3.05, 3.63) is 45.9 Å². The number of hydrogen-bond acceptors (Lipinski definition) is 6. The predicted octanol–water partition coefficient (Wildman–Crippen LogP) is 1.88. The normalized spacial score (nSPS) is 14.5. The number of fused-ring (bicyclic) bond motifs is 1. The summed E-state index contributed by atoms with van der Waals surface area (Å²) in [5.74, 6) is 1.39. The van der Waals surface area contributed by atoms with Crippen molar-refractivity contribution in [2.45, 2.75) is 20.5 Å². The summed E-state index contributed by atoms with van der Waals surface area (Å²) in [6.45, 7) is 6.12. The van der Waals surface area contributed by atoms with E-state index in [9.17, 15) is 4.79 Å². The molecule has 0 N–H and O–H groups in total. The molecule has 25 heavy (non-hydrogen) atoms. The van der Waals surface area contributed by atoms with Crippen LogP contribution in [0.1, 0.15) is 11.3 Å². The van der Waals surface area contributed by atoms with Crippen LogP contribution in [-0.4, -0.2) is 48.5 Å². The summed E-state index contributed by atoms with van der Waals surface area (Å²) < 4.78 is 12.4. The second-order valence-electron chi connectivity index (χ2n) is 6.13. The van der Waals surface area contributed by atoms with E-state index in [2.05, 4.69) is 4.90 Å². The maximum Gasteiger partial charge on any atom is 0.259 e. The van der Waals surface area contributed by atoms with Gasteiger partial charge in [0, 0.05) is 24.9 Å². The molecule has 1 aromatic heterocycles. The third-order valence-electron chi connectivity index (χ3n) is 4.53. The minimum Gasteiger partial charge on any atom is -0.495 e. The molecule has 0 spiro atoms. The lowest BCUT2D eigenvalue weighted by Gasteiger charge is -2.38. The van der Waals surface area contributed by atoms with E-state index in [0.29, 0.717) is 31.5 Å². The maximum absolute atomic E-state index is 12.8. The highest BCUT2D eigenvalue weighted by Crippen LogP contribution is 2.34. The van der Waals surface area contributed by atoms with Gasteiger partial charge in [-0.15, -0.1) is 0 Å². The van der Waals surface area contributed by atoms with Gasteiger partial charge in [0.1, 0.15) is 5.75 Å². The molecule has 1 aliphatic rings. The Morgan fingerprint density at radius 1 is 1.16 bits per heavy atom. The number of aryl methyl sites for hydroxylation is 1. The Kier molecular flexibility index (Phi) is 5.06. The monoisotopic (exact) mass is 344 g/mol. The standard InChI is InChI=1S/C18H24N4O3/c1-13-14(2)19-18-21(15-7-5-6-8-16(15)25-4)11-20(9-10-24-3)12-22(18)17(13)23/h5-8H,9-12H2,1-4H3. The first-order valence-electron chi connectivity index (χ1n) is 8.26. The van der Waals surface area contributed by atoms with Crippen LogP contribution in [0.4, 0.5) is 11.6 Å². The highest BCUT2D eigenvalue weighted by Gasteiger charge is 2.28. The number of benzene rings is 1. The first-order chi connectivity index (χ1) is 12.1. The zero-order chi connectivity index (χ0) is 18.0. The van der Waals surface area contributed by atoms with Crippen LogP contribution in [-0.2, 0) is 11.4 Å². The van der Waals surface area contributed by atoms with Gasteiger partial charge in [-0.2, -0.15) is 0 Å². The molecule has 134 valence electrons. The molecule has 0 amide bonds. The summed E-state index contributed by atoms with van der Waals surface area (Å²) in [6, 6.07) is 7.77. The molecule has 7 heteroatoms.